The second kappa shape index (κ2) is 6.80. The van der Waals surface area contributed by atoms with Gasteiger partial charge in [0.2, 0.25) is 0 Å². The van der Waals surface area contributed by atoms with E-state index in [9.17, 15) is 9.59 Å². The first-order valence-corrected chi connectivity index (χ1v) is 8.62. The molecule has 0 bridgehead atoms. The zero-order chi connectivity index (χ0) is 17.3. The smallest absolute Gasteiger partial charge is 0.313 e. The Labute approximate surface area is 142 Å². The molecule has 0 unspecified atom stereocenters. The van der Waals surface area contributed by atoms with E-state index in [-0.39, 0.29) is 48.3 Å². The molecule has 1 aliphatic carbocycles. The Hall–Kier alpha value is -2.10. The number of esters is 2. The van der Waals surface area contributed by atoms with Gasteiger partial charge in [-0.15, -0.1) is 0 Å². The lowest BCUT2D eigenvalue weighted by molar-refractivity contribution is -0.155. The van der Waals surface area contributed by atoms with Crippen LogP contribution in [-0.4, -0.2) is 18.0 Å². The molecule has 1 fully saturated rings. The molecule has 1 aromatic rings. The summed E-state index contributed by atoms with van der Waals surface area (Å²) < 4.78 is 11.0. The second-order valence-corrected chi connectivity index (χ2v) is 6.79. The number of hydrogen-bond acceptors (Lipinski definition) is 4. The molecule has 1 heterocycles. The van der Waals surface area contributed by atoms with Crippen LogP contribution in [0.3, 0.4) is 0 Å². The molecule has 0 aromatic heterocycles. The first-order chi connectivity index (χ1) is 11.5. The topological polar surface area (TPSA) is 52.6 Å². The average molecular weight is 328 g/mol. The maximum Gasteiger partial charge on any atom is 0.313 e. The van der Waals surface area contributed by atoms with Crippen molar-refractivity contribution in [2.24, 2.45) is 23.7 Å². The van der Waals surface area contributed by atoms with Gasteiger partial charge >= 0.3 is 11.9 Å². The molecule has 2 aliphatic rings. The normalized spacial score (nSPS) is 31.9. The molecule has 0 N–H and O–H groups in total. The highest BCUT2D eigenvalue weighted by atomic mass is 16.6. The number of ether oxygens (including phenoxy) is 2. The summed E-state index contributed by atoms with van der Waals surface area (Å²) in [6, 6.07) is 9.65. The molecule has 0 saturated carbocycles. The highest BCUT2D eigenvalue weighted by Crippen LogP contribution is 2.46. The molecular weight excluding hydrogens is 304 g/mol. The van der Waals surface area contributed by atoms with Crippen molar-refractivity contribution in [3.63, 3.8) is 0 Å². The van der Waals surface area contributed by atoms with Crippen LogP contribution in [0, 0.1) is 23.7 Å². The van der Waals surface area contributed by atoms with E-state index in [1.54, 1.807) is 0 Å². The van der Waals surface area contributed by atoms with Gasteiger partial charge in [0.1, 0.15) is 12.7 Å². The minimum Gasteiger partial charge on any atom is -0.462 e. The summed E-state index contributed by atoms with van der Waals surface area (Å²) >= 11 is 0. The number of fused-ring (bicyclic) bond motifs is 1. The highest BCUT2D eigenvalue weighted by Gasteiger charge is 2.53. The minimum absolute atomic E-state index is 0.103. The van der Waals surface area contributed by atoms with Crippen molar-refractivity contribution in [3.8, 4) is 0 Å². The lowest BCUT2D eigenvalue weighted by Crippen LogP contribution is -2.41. The summed E-state index contributed by atoms with van der Waals surface area (Å²) in [7, 11) is 0. The number of cyclic esters (lactones) is 1. The SMILES string of the molecule is CC[C@@H]1C(C)=C[C@H]2C(=O)O[C@H](C)[C@H]2[C@H]1C(=O)OCc1ccccc1. The molecule has 0 amide bonds. The van der Waals surface area contributed by atoms with Crippen molar-refractivity contribution < 1.29 is 19.1 Å². The van der Waals surface area contributed by atoms with E-state index >= 15 is 0 Å². The van der Waals surface area contributed by atoms with Gasteiger partial charge in [0.05, 0.1) is 11.8 Å². The number of carbonyl (C=O) groups is 2. The van der Waals surface area contributed by atoms with Gasteiger partial charge in [0.25, 0.3) is 0 Å². The molecule has 4 nitrogen and oxygen atoms in total. The predicted molar refractivity (Wildman–Crippen MR) is 89.8 cm³/mol. The van der Waals surface area contributed by atoms with Gasteiger partial charge in [-0.2, -0.15) is 0 Å². The molecule has 1 aromatic carbocycles. The van der Waals surface area contributed by atoms with E-state index in [2.05, 4.69) is 6.92 Å². The molecule has 5 atom stereocenters. The monoisotopic (exact) mass is 328 g/mol. The number of rotatable bonds is 4. The number of benzene rings is 1. The average Bonchev–Trinajstić information content (AvgIpc) is 2.86. The number of hydrogen-bond donors (Lipinski definition) is 0. The van der Waals surface area contributed by atoms with E-state index < -0.39 is 0 Å². The van der Waals surface area contributed by atoms with Crippen LogP contribution < -0.4 is 0 Å². The van der Waals surface area contributed by atoms with Crippen molar-refractivity contribution in [1.82, 2.24) is 0 Å². The number of allylic oxidation sites excluding steroid dienone is 1. The summed E-state index contributed by atoms with van der Waals surface area (Å²) in [5, 5.41) is 0. The van der Waals surface area contributed by atoms with E-state index in [0.29, 0.717) is 0 Å². The van der Waals surface area contributed by atoms with Crippen molar-refractivity contribution in [2.45, 2.75) is 39.9 Å². The van der Waals surface area contributed by atoms with Crippen LogP contribution >= 0.6 is 0 Å². The third kappa shape index (κ3) is 2.97. The van der Waals surface area contributed by atoms with Crippen molar-refractivity contribution in [2.75, 3.05) is 0 Å². The van der Waals surface area contributed by atoms with Gasteiger partial charge in [-0.25, -0.2) is 0 Å². The maximum atomic E-state index is 12.9. The fourth-order valence-corrected chi connectivity index (χ4v) is 4.16. The Bertz CT molecular complexity index is 649. The van der Waals surface area contributed by atoms with Crippen LogP contribution in [-0.2, 0) is 25.7 Å². The molecule has 4 heteroatoms. The van der Waals surface area contributed by atoms with Crippen LogP contribution in [0.15, 0.2) is 42.0 Å². The van der Waals surface area contributed by atoms with Crippen LogP contribution in [0.2, 0.25) is 0 Å². The Morgan fingerprint density at radius 3 is 2.62 bits per heavy atom. The fraction of sp³-hybridized carbons (Fsp3) is 0.500. The van der Waals surface area contributed by atoms with E-state index in [1.807, 2.05) is 50.3 Å². The Kier molecular flexibility index (Phi) is 4.74. The molecule has 24 heavy (non-hydrogen) atoms. The molecular formula is C20H24O4. The number of carbonyl (C=O) groups excluding carboxylic acids is 2. The van der Waals surface area contributed by atoms with Crippen LogP contribution in [0.5, 0.6) is 0 Å². The Morgan fingerprint density at radius 2 is 1.96 bits per heavy atom. The molecule has 0 radical (unpaired) electrons. The summed E-state index contributed by atoms with van der Waals surface area (Å²) in [5.74, 6) is -1.12. The summed E-state index contributed by atoms with van der Waals surface area (Å²) in [4.78, 5) is 25.0. The van der Waals surface area contributed by atoms with Crippen molar-refractivity contribution in [3.05, 3.63) is 47.5 Å². The molecule has 1 aliphatic heterocycles. The van der Waals surface area contributed by atoms with Gasteiger partial charge in [0, 0.05) is 5.92 Å². The van der Waals surface area contributed by atoms with Gasteiger partial charge in [-0.05, 0) is 31.7 Å². The summed E-state index contributed by atoms with van der Waals surface area (Å²) in [6.45, 7) is 6.21. The molecule has 0 spiro atoms. The fourth-order valence-electron chi connectivity index (χ4n) is 4.16. The highest BCUT2D eigenvalue weighted by molar-refractivity contribution is 5.82. The second-order valence-electron chi connectivity index (χ2n) is 6.79. The van der Waals surface area contributed by atoms with Gasteiger partial charge in [-0.1, -0.05) is 48.9 Å². The molecule has 128 valence electrons. The molecule has 1 saturated heterocycles. The third-order valence-electron chi connectivity index (χ3n) is 5.34. The van der Waals surface area contributed by atoms with E-state index in [4.69, 9.17) is 9.47 Å². The van der Waals surface area contributed by atoms with Crippen LogP contribution in [0.25, 0.3) is 0 Å². The largest absolute Gasteiger partial charge is 0.462 e. The van der Waals surface area contributed by atoms with Crippen LogP contribution in [0.4, 0.5) is 0 Å². The lowest BCUT2D eigenvalue weighted by Gasteiger charge is -2.36. The maximum absolute atomic E-state index is 12.9. The van der Waals surface area contributed by atoms with Gasteiger partial charge < -0.3 is 9.47 Å². The van der Waals surface area contributed by atoms with E-state index in [0.717, 1.165) is 17.6 Å². The predicted octanol–water partition coefficient (Wildman–Crippen LogP) is 3.51. The summed E-state index contributed by atoms with van der Waals surface area (Å²) in [6.07, 6.45) is 2.58. The van der Waals surface area contributed by atoms with Crippen molar-refractivity contribution >= 4 is 11.9 Å². The zero-order valence-corrected chi connectivity index (χ0v) is 14.4. The summed E-state index contributed by atoms with van der Waals surface area (Å²) in [5.41, 5.74) is 2.05. The zero-order valence-electron chi connectivity index (χ0n) is 14.4. The Balaban J connectivity index is 1.81. The quantitative estimate of drug-likeness (QED) is 0.627. The van der Waals surface area contributed by atoms with Gasteiger partial charge in [0.15, 0.2) is 0 Å². The first-order valence-electron chi connectivity index (χ1n) is 8.62. The Morgan fingerprint density at radius 1 is 1.25 bits per heavy atom. The standard InChI is InChI=1S/C20H24O4/c1-4-15-12(2)10-16-17(13(3)24-19(16)21)18(15)20(22)23-11-14-8-6-5-7-9-14/h5-10,13,15-18H,4,11H2,1-3H3/t13-,15-,16-,17-,18+/m1/s1. The van der Waals surface area contributed by atoms with E-state index in [1.165, 1.54) is 0 Å². The lowest BCUT2D eigenvalue weighted by atomic mass is 9.66. The third-order valence-corrected chi connectivity index (χ3v) is 5.34. The van der Waals surface area contributed by atoms with Crippen LogP contribution in [0.1, 0.15) is 32.8 Å². The van der Waals surface area contributed by atoms with Gasteiger partial charge in [-0.3, -0.25) is 9.59 Å². The first kappa shape index (κ1) is 16.7. The van der Waals surface area contributed by atoms with Crippen molar-refractivity contribution in [1.29, 1.82) is 0 Å². The molecule has 3 rings (SSSR count). The minimum atomic E-state index is -0.324.